The standard InChI is InChI=1S/C17H22O2/c1-5-6-9-15(19)17(4)11-8-7-10-16(3,12-13-17)14(2)18/h5,7-8,10-13H,1,6,9H2,2-4H3/b10-7-,11-8-,13-12-. The van der Waals surface area contributed by atoms with Crippen LogP contribution in [0.25, 0.3) is 0 Å². The number of rotatable bonds is 5. The van der Waals surface area contributed by atoms with E-state index in [9.17, 15) is 9.59 Å². The van der Waals surface area contributed by atoms with Gasteiger partial charge in [-0.1, -0.05) is 42.5 Å². The Bertz CT molecular complexity index is 468. The van der Waals surface area contributed by atoms with E-state index in [2.05, 4.69) is 6.58 Å². The van der Waals surface area contributed by atoms with Gasteiger partial charge in [0.1, 0.15) is 11.6 Å². The fourth-order valence-corrected chi connectivity index (χ4v) is 1.89. The van der Waals surface area contributed by atoms with Gasteiger partial charge >= 0.3 is 0 Å². The minimum Gasteiger partial charge on any atom is -0.299 e. The summed E-state index contributed by atoms with van der Waals surface area (Å²) in [6.45, 7) is 8.94. The van der Waals surface area contributed by atoms with Crippen LogP contribution < -0.4 is 0 Å². The van der Waals surface area contributed by atoms with Crippen molar-refractivity contribution in [2.45, 2.75) is 33.6 Å². The first-order valence-electron chi connectivity index (χ1n) is 6.57. The van der Waals surface area contributed by atoms with Crippen LogP contribution in [0.3, 0.4) is 0 Å². The van der Waals surface area contributed by atoms with Crippen molar-refractivity contribution in [3.63, 3.8) is 0 Å². The van der Waals surface area contributed by atoms with Crippen molar-refractivity contribution < 1.29 is 9.59 Å². The summed E-state index contributed by atoms with van der Waals surface area (Å²) in [5, 5.41) is 0. The fourth-order valence-electron chi connectivity index (χ4n) is 1.89. The van der Waals surface area contributed by atoms with Crippen LogP contribution in [-0.4, -0.2) is 11.6 Å². The largest absolute Gasteiger partial charge is 0.299 e. The summed E-state index contributed by atoms with van der Waals surface area (Å²) in [4.78, 5) is 24.0. The minimum atomic E-state index is -0.648. The Balaban J connectivity index is 3.07. The SMILES string of the molecule is C=CCCC(=O)C1(C)/C=C\C=C/C(C)(C(C)=O)/C=C\1. The molecule has 2 atom stereocenters. The highest BCUT2D eigenvalue weighted by atomic mass is 16.1. The van der Waals surface area contributed by atoms with Gasteiger partial charge < -0.3 is 0 Å². The first-order chi connectivity index (χ1) is 8.84. The molecule has 102 valence electrons. The molecule has 0 spiro atoms. The summed E-state index contributed by atoms with van der Waals surface area (Å²) in [6.07, 6.45) is 14.0. The molecule has 2 heteroatoms. The summed E-state index contributed by atoms with van der Waals surface area (Å²) >= 11 is 0. The van der Waals surface area contributed by atoms with E-state index < -0.39 is 10.8 Å². The van der Waals surface area contributed by atoms with E-state index in [-0.39, 0.29) is 11.6 Å². The zero-order valence-corrected chi connectivity index (χ0v) is 12.0. The normalized spacial score (nSPS) is 34.7. The quantitative estimate of drug-likeness (QED) is 0.703. The average molecular weight is 258 g/mol. The van der Waals surface area contributed by atoms with Gasteiger partial charge in [0.05, 0.1) is 10.8 Å². The third-order valence-electron chi connectivity index (χ3n) is 3.71. The zero-order valence-electron chi connectivity index (χ0n) is 12.0. The molecule has 0 bridgehead atoms. The predicted molar refractivity (Wildman–Crippen MR) is 78.8 cm³/mol. The second-order valence-electron chi connectivity index (χ2n) is 5.42. The maximum Gasteiger partial charge on any atom is 0.146 e. The Morgan fingerprint density at radius 3 is 2.11 bits per heavy atom. The number of hydrogen-bond donors (Lipinski definition) is 0. The van der Waals surface area contributed by atoms with Gasteiger partial charge in [0, 0.05) is 6.42 Å². The average Bonchev–Trinajstić information content (AvgIpc) is 2.36. The Morgan fingerprint density at radius 2 is 1.58 bits per heavy atom. The monoisotopic (exact) mass is 258 g/mol. The number of hydrogen-bond acceptors (Lipinski definition) is 2. The van der Waals surface area contributed by atoms with Crippen LogP contribution in [0.2, 0.25) is 0 Å². The van der Waals surface area contributed by atoms with Gasteiger partial charge in [-0.25, -0.2) is 0 Å². The van der Waals surface area contributed by atoms with Crippen molar-refractivity contribution >= 4 is 11.6 Å². The van der Waals surface area contributed by atoms with Crippen molar-refractivity contribution in [3.05, 3.63) is 49.1 Å². The predicted octanol–water partition coefficient (Wildman–Crippen LogP) is 3.81. The Morgan fingerprint density at radius 1 is 1.05 bits per heavy atom. The van der Waals surface area contributed by atoms with Gasteiger partial charge in [-0.05, 0) is 27.2 Å². The molecule has 0 aromatic heterocycles. The van der Waals surface area contributed by atoms with E-state index >= 15 is 0 Å². The summed E-state index contributed by atoms with van der Waals surface area (Å²) in [7, 11) is 0. The molecule has 1 rings (SSSR count). The number of Topliss-reactive ketones (excluding diaryl/α,β-unsaturated/α-hetero) is 2. The maximum absolute atomic E-state index is 12.3. The Kier molecular flexibility index (Phi) is 4.82. The molecular formula is C17H22O2. The van der Waals surface area contributed by atoms with E-state index in [0.29, 0.717) is 12.8 Å². The van der Waals surface area contributed by atoms with Crippen LogP contribution in [0.4, 0.5) is 0 Å². The van der Waals surface area contributed by atoms with E-state index in [0.717, 1.165) is 0 Å². The molecular weight excluding hydrogens is 236 g/mol. The number of ketones is 2. The van der Waals surface area contributed by atoms with Gasteiger partial charge in [0.2, 0.25) is 0 Å². The molecule has 0 fully saturated rings. The number of allylic oxidation sites excluding steroid dienone is 7. The van der Waals surface area contributed by atoms with Gasteiger partial charge in [-0.15, -0.1) is 6.58 Å². The lowest BCUT2D eigenvalue weighted by atomic mass is 9.77. The topological polar surface area (TPSA) is 34.1 Å². The first kappa shape index (κ1) is 15.4. The highest BCUT2D eigenvalue weighted by molar-refractivity contribution is 5.90. The first-order valence-corrected chi connectivity index (χ1v) is 6.57. The molecule has 0 amide bonds. The molecule has 0 saturated carbocycles. The molecule has 0 aromatic carbocycles. The molecule has 0 aromatic rings. The van der Waals surface area contributed by atoms with Crippen LogP contribution >= 0.6 is 0 Å². The van der Waals surface area contributed by atoms with Crippen LogP contribution in [0.1, 0.15) is 33.6 Å². The van der Waals surface area contributed by atoms with Gasteiger partial charge in [0.15, 0.2) is 0 Å². The van der Waals surface area contributed by atoms with Crippen LogP contribution in [-0.2, 0) is 9.59 Å². The zero-order chi connectivity index (χ0) is 14.5. The number of carbonyl (C=O) groups excluding carboxylic acids is 2. The molecule has 0 saturated heterocycles. The summed E-state index contributed by atoms with van der Waals surface area (Å²) in [5.41, 5.74) is -1.28. The molecule has 19 heavy (non-hydrogen) atoms. The van der Waals surface area contributed by atoms with Crippen molar-refractivity contribution in [3.8, 4) is 0 Å². The lowest BCUT2D eigenvalue weighted by Gasteiger charge is -2.25. The van der Waals surface area contributed by atoms with Crippen molar-refractivity contribution in [1.29, 1.82) is 0 Å². The molecule has 0 aliphatic heterocycles. The van der Waals surface area contributed by atoms with E-state index in [1.165, 1.54) is 0 Å². The lowest BCUT2D eigenvalue weighted by molar-refractivity contribution is -0.124. The van der Waals surface area contributed by atoms with Crippen molar-refractivity contribution in [2.75, 3.05) is 0 Å². The summed E-state index contributed by atoms with van der Waals surface area (Å²) < 4.78 is 0. The fraction of sp³-hybridized carbons (Fsp3) is 0.412. The lowest BCUT2D eigenvalue weighted by Crippen LogP contribution is -2.27. The van der Waals surface area contributed by atoms with Gasteiger partial charge in [-0.3, -0.25) is 9.59 Å². The summed E-state index contributed by atoms with van der Waals surface area (Å²) in [6, 6.07) is 0. The molecule has 0 radical (unpaired) electrons. The number of carbonyl (C=O) groups is 2. The second kappa shape index (κ2) is 5.96. The van der Waals surface area contributed by atoms with Crippen molar-refractivity contribution in [1.82, 2.24) is 0 Å². The Labute approximate surface area is 115 Å². The molecule has 1 aliphatic carbocycles. The Hall–Kier alpha value is -1.70. The second-order valence-corrected chi connectivity index (χ2v) is 5.42. The molecule has 0 heterocycles. The van der Waals surface area contributed by atoms with E-state index in [1.807, 2.05) is 50.3 Å². The highest BCUT2D eigenvalue weighted by Crippen LogP contribution is 2.31. The molecule has 1 aliphatic rings. The van der Waals surface area contributed by atoms with Crippen LogP contribution in [0.15, 0.2) is 49.1 Å². The van der Waals surface area contributed by atoms with E-state index in [4.69, 9.17) is 0 Å². The molecule has 0 N–H and O–H groups in total. The maximum atomic E-state index is 12.3. The van der Waals surface area contributed by atoms with Crippen molar-refractivity contribution in [2.24, 2.45) is 10.8 Å². The third kappa shape index (κ3) is 3.63. The van der Waals surface area contributed by atoms with Crippen LogP contribution in [0.5, 0.6) is 0 Å². The smallest absolute Gasteiger partial charge is 0.146 e. The minimum absolute atomic E-state index is 0.0659. The van der Waals surface area contributed by atoms with Gasteiger partial charge in [0.25, 0.3) is 0 Å². The third-order valence-corrected chi connectivity index (χ3v) is 3.71. The molecule has 2 nitrogen and oxygen atoms in total. The highest BCUT2D eigenvalue weighted by Gasteiger charge is 2.30. The van der Waals surface area contributed by atoms with Crippen LogP contribution in [0, 0.1) is 10.8 Å². The molecule has 2 unspecified atom stereocenters. The van der Waals surface area contributed by atoms with Gasteiger partial charge in [-0.2, -0.15) is 0 Å². The van der Waals surface area contributed by atoms with E-state index in [1.54, 1.807) is 13.0 Å². The summed E-state index contributed by atoms with van der Waals surface area (Å²) in [5.74, 6) is 0.206.